The number of nitrogens with zero attached hydrogens (tertiary/aromatic N) is 3. The van der Waals surface area contributed by atoms with Crippen molar-refractivity contribution in [1.29, 1.82) is 5.26 Å². The fraction of sp³-hybridized carbons (Fsp3) is 0.500. The molecule has 1 unspecified atom stereocenters. The number of aryl methyl sites for hydroxylation is 1. The van der Waals surface area contributed by atoms with Gasteiger partial charge in [0.1, 0.15) is 5.02 Å². The molecule has 0 saturated heterocycles. The molecule has 70 valence electrons. The van der Waals surface area contributed by atoms with Crippen LogP contribution in [-0.2, 0) is 6.54 Å². The third kappa shape index (κ3) is 1.93. The molecule has 1 aromatic rings. The van der Waals surface area contributed by atoms with Crippen LogP contribution in [-0.4, -0.2) is 14.9 Å². The van der Waals surface area contributed by atoms with Gasteiger partial charge >= 0.3 is 0 Å². The number of aromatic nitrogens is 2. The van der Waals surface area contributed by atoms with Crippen molar-refractivity contribution in [3.8, 4) is 11.9 Å². The van der Waals surface area contributed by atoms with Crippen LogP contribution in [0.25, 0.3) is 0 Å². The second kappa shape index (κ2) is 3.67. The largest absolute Gasteiger partial charge is 0.492 e. The van der Waals surface area contributed by atoms with Crippen LogP contribution in [0.5, 0.6) is 5.88 Å². The Morgan fingerprint density at radius 1 is 1.77 bits per heavy atom. The third-order valence-corrected chi connectivity index (χ3v) is 2.14. The summed E-state index contributed by atoms with van der Waals surface area (Å²) in [5.41, 5.74) is 0.573. The summed E-state index contributed by atoms with van der Waals surface area (Å²) in [6, 6.07) is 2.05. The predicted octanol–water partition coefficient (Wildman–Crippen LogP) is 1.71. The minimum absolute atomic E-state index is 0.0683. The van der Waals surface area contributed by atoms with E-state index < -0.39 is 0 Å². The maximum Gasteiger partial charge on any atom is 0.228 e. The van der Waals surface area contributed by atoms with Crippen LogP contribution in [0.15, 0.2) is 0 Å². The van der Waals surface area contributed by atoms with E-state index in [1.165, 1.54) is 4.68 Å². The topological polar surface area (TPSA) is 61.8 Å². The molecule has 1 N–H and O–H groups in total. The van der Waals surface area contributed by atoms with Gasteiger partial charge in [-0.15, -0.1) is 0 Å². The van der Waals surface area contributed by atoms with Gasteiger partial charge in [-0.1, -0.05) is 11.6 Å². The highest BCUT2D eigenvalue weighted by Gasteiger charge is 2.13. The minimum Gasteiger partial charge on any atom is -0.492 e. The summed E-state index contributed by atoms with van der Waals surface area (Å²) < 4.78 is 1.34. The fourth-order valence-electron chi connectivity index (χ4n) is 0.975. The molecule has 0 spiro atoms. The molecule has 0 bridgehead atoms. The number of halogens is 1. The zero-order chi connectivity index (χ0) is 10.0. The normalized spacial score (nSPS) is 12.5. The van der Waals surface area contributed by atoms with Crippen LogP contribution >= 0.6 is 11.6 Å². The van der Waals surface area contributed by atoms with Crippen molar-refractivity contribution in [2.24, 2.45) is 5.92 Å². The quantitative estimate of drug-likeness (QED) is 0.789. The molecule has 0 aromatic carbocycles. The second-order valence-electron chi connectivity index (χ2n) is 2.94. The van der Waals surface area contributed by atoms with Crippen molar-refractivity contribution < 1.29 is 5.11 Å². The molecule has 0 aliphatic carbocycles. The van der Waals surface area contributed by atoms with Gasteiger partial charge in [0.25, 0.3) is 0 Å². The van der Waals surface area contributed by atoms with E-state index in [0.29, 0.717) is 12.2 Å². The molecule has 1 heterocycles. The van der Waals surface area contributed by atoms with E-state index in [-0.39, 0.29) is 16.8 Å². The Labute approximate surface area is 81.4 Å². The highest BCUT2D eigenvalue weighted by Crippen LogP contribution is 2.26. The lowest BCUT2D eigenvalue weighted by Gasteiger charge is -2.03. The molecule has 1 atom stereocenters. The highest BCUT2D eigenvalue weighted by molar-refractivity contribution is 6.32. The molecule has 1 rings (SSSR count). The van der Waals surface area contributed by atoms with E-state index in [0.717, 1.165) is 0 Å². The first kappa shape index (κ1) is 9.87. The second-order valence-corrected chi connectivity index (χ2v) is 3.31. The molecule has 0 radical (unpaired) electrons. The van der Waals surface area contributed by atoms with Crippen molar-refractivity contribution in [3.05, 3.63) is 10.7 Å². The average Bonchev–Trinajstić information content (AvgIpc) is 2.34. The van der Waals surface area contributed by atoms with Gasteiger partial charge in [0, 0.05) is 0 Å². The maximum atomic E-state index is 9.42. The first-order chi connectivity index (χ1) is 6.06. The van der Waals surface area contributed by atoms with Gasteiger partial charge in [-0.05, 0) is 13.8 Å². The summed E-state index contributed by atoms with van der Waals surface area (Å²) in [7, 11) is 0. The molecular weight excluding hydrogens is 190 g/mol. The Bertz CT molecular complexity index is 353. The SMILES string of the molecule is Cc1nn(CC(C)C#N)c(O)c1Cl. The van der Waals surface area contributed by atoms with E-state index in [2.05, 4.69) is 11.2 Å². The van der Waals surface area contributed by atoms with E-state index in [4.69, 9.17) is 16.9 Å². The molecule has 0 saturated carbocycles. The molecule has 0 aliphatic heterocycles. The summed E-state index contributed by atoms with van der Waals surface area (Å²) in [6.07, 6.45) is 0. The monoisotopic (exact) mass is 199 g/mol. The van der Waals surface area contributed by atoms with Gasteiger partial charge in [-0.3, -0.25) is 0 Å². The van der Waals surface area contributed by atoms with E-state index >= 15 is 0 Å². The van der Waals surface area contributed by atoms with Crippen LogP contribution < -0.4 is 0 Å². The lowest BCUT2D eigenvalue weighted by atomic mass is 10.2. The first-order valence-electron chi connectivity index (χ1n) is 3.87. The van der Waals surface area contributed by atoms with Crippen molar-refractivity contribution in [2.45, 2.75) is 20.4 Å². The van der Waals surface area contributed by atoms with Crippen LogP contribution in [0.4, 0.5) is 0 Å². The van der Waals surface area contributed by atoms with Crippen LogP contribution in [0, 0.1) is 24.2 Å². The van der Waals surface area contributed by atoms with E-state index in [1.807, 2.05) is 0 Å². The maximum absolute atomic E-state index is 9.42. The Morgan fingerprint density at radius 3 is 2.77 bits per heavy atom. The lowest BCUT2D eigenvalue weighted by Crippen LogP contribution is -2.06. The van der Waals surface area contributed by atoms with Gasteiger partial charge in [-0.25, -0.2) is 4.68 Å². The predicted molar refractivity (Wildman–Crippen MR) is 48.4 cm³/mol. The Balaban J connectivity index is 2.91. The Hall–Kier alpha value is -1.21. The molecule has 5 heteroatoms. The minimum atomic E-state index is -0.193. The Morgan fingerprint density at radius 2 is 2.38 bits per heavy atom. The van der Waals surface area contributed by atoms with E-state index in [9.17, 15) is 5.11 Å². The third-order valence-electron chi connectivity index (χ3n) is 1.70. The molecule has 0 amide bonds. The van der Waals surface area contributed by atoms with Gasteiger partial charge < -0.3 is 5.11 Å². The molecular formula is C8H10ClN3O. The van der Waals surface area contributed by atoms with Gasteiger partial charge in [0.2, 0.25) is 5.88 Å². The first-order valence-corrected chi connectivity index (χ1v) is 4.25. The number of hydrogen-bond acceptors (Lipinski definition) is 3. The number of nitriles is 1. The fourth-order valence-corrected chi connectivity index (χ4v) is 1.11. The van der Waals surface area contributed by atoms with Gasteiger partial charge in [0.15, 0.2) is 0 Å². The number of aromatic hydroxyl groups is 1. The standard InChI is InChI=1S/C8H10ClN3O/c1-5(3-10)4-12-8(13)7(9)6(2)11-12/h5,13H,4H2,1-2H3. The summed E-state index contributed by atoms with van der Waals surface area (Å²) in [6.45, 7) is 3.82. The van der Waals surface area contributed by atoms with Gasteiger partial charge in [-0.2, -0.15) is 10.4 Å². The smallest absolute Gasteiger partial charge is 0.228 e. The number of rotatable bonds is 2. The molecule has 0 fully saturated rings. The zero-order valence-corrected chi connectivity index (χ0v) is 8.21. The average molecular weight is 200 g/mol. The summed E-state index contributed by atoms with van der Waals surface area (Å²) in [5.74, 6) is -0.262. The van der Waals surface area contributed by atoms with Crippen molar-refractivity contribution in [1.82, 2.24) is 9.78 Å². The Kier molecular flexibility index (Phi) is 2.79. The van der Waals surface area contributed by atoms with Crippen LogP contribution in [0.3, 0.4) is 0 Å². The van der Waals surface area contributed by atoms with Crippen LogP contribution in [0.2, 0.25) is 5.02 Å². The summed E-state index contributed by atoms with van der Waals surface area (Å²) in [5, 5.41) is 22.2. The number of hydrogen-bond donors (Lipinski definition) is 1. The van der Waals surface area contributed by atoms with Crippen molar-refractivity contribution in [2.75, 3.05) is 0 Å². The summed E-state index contributed by atoms with van der Waals surface area (Å²) in [4.78, 5) is 0. The molecule has 1 aromatic heterocycles. The molecule has 13 heavy (non-hydrogen) atoms. The van der Waals surface area contributed by atoms with Crippen LogP contribution in [0.1, 0.15) is 12.6 Å². The lowest BCUT2D eigenvalue weighted by molar-refractivity contribution is 0.383. The summed E-state index contributed by atoms with van der Waals surface area (Å²) >= 11 is 5.71. The van der Waals surface area contributed by atoms with Crippen molar-refractivity contribution >= 4 is 11.6 Å². The van der Waals surface area contributed by atoms with E-state index in [1.54, 1.807) is 13.8 Å². The molecule has 4 nitrogen and oxygen atoms in total. The highest BCUT2D eigenvalue weighted by atomic mass is 35.5. The molecule has 0 aliphatic rings. The zero-order valence-electron chi connectivity index (χ0n) is 7.45. The van der Waals surface area contributed by atoms with Crippen molar-refractivity contribution in [3.63, 3.8) is 0 Å². The van der Waals surface area contributed by atoms with Gasteiger partial charge in [0.05, 0.1) is 24.2 Å².